The molecule has 1 saturated heterocycles. The summed E-state index contributed by atoms with van der Waals surface area (Å²) in [6, 6.07) is 8.38. The Morgan fingerprint density at radius 2 is 2.04 bits per heavy atom. The van der Waals surface area contributed by atoms with E-state index in [0.717, 1.165) is 14.9 Å². The van der Waals surface area contributed by atoms with Gasteiger partial charge in [-0.25, -0.2) is 8.42 Å². The van der Waals surface area contributed by atoms with E-state index in [2.05, 4.69) is 15.9 Å². The maximum atomic E-state index is 13.0. The van der Waals surface area contributed by atoms with Crippen LogP contribution in [0.1, 0.15) is 18.9 Å². The van der Waals surface area contributed by atoms with Gasteiger partial charge in [-0.3, -0.25) is 14.5 Å². The van der Waals surface area contributed by atoms with Crippen molar-refractivity contribution in [1.29, 1.82) is 5.26 Å². The van der Waals surface area contributed by atoms with Crippen molar-refractivity contribution < 1.29 is 18.0 Å². The molecule has 1 aromatic rings. The van der Waals surface area contributed by atoms with Crippen LogP contribution in [-0.4, -0.2) is 42.7 Å². The molecule has 1 unspecified atom stereocenters. The first-order chi connectivity index (χ1) is 12.2. The average molecular weight is 435 g/mol. The fourth-order valence-corrected chi connectivity index (χ4v) is 5.29. The van der Waals surface area contributed by atoms with E-state index in [0.29, 0.717) is 5.57 Å². The second-order valence-corrected chi connectivity index (χ2v) is 9.41. The minimum atomic E-state index is -3.28. The SMILES string of the molecule is CC1=C(C#N)C(=O)N(C2CCS(=O)(=O)C2)C(=O)C1=Cc1cccc(Br)c1. The highest BCUT2D eigenvalue weighted by molar-refractivity contribution is 9.10. The molecule has 0 aromatic heterocycles. The van der Waals surface area contributed by atoms with Crippen LogP contribution in [0.2, 0.25) is 0 Å². The predicted molar refractivity (Wildman–Crippen MR) is 99.3 cm³/mol. The molecule has 0 saturated carbocycles. The van der Waals surface area contributed by atoms with E-state index in [9.17, 15) is 23.3 Å². The van der Waals surface area contributed by atoms with Gasteiger partial charge in [-0.15, -0.1) is 0 Å². The molecule has 1 aromatic carbocycles. The lowest BCUT2D eigenvalue weighted by Crippen LogP contribution is -2.49. The lowest BCUT2D eigenvalue weighted by Gasteiger charge is -2.31. The molecule has 0 bridgehead atoms. The minimum Gasteiger partial charge on any atom is -0.270 e. The van der Waals surface area contributed by atoms with E-state index in [4.69, 9.17) is 0 Å². The number of amides is 2. The van der Waals surface area contributed by atoms with Gasteiger partial charge in [0.1, 0.15) is 11.6 Å². The summed E-state index contributed by atoms with van der Waals surface area (Å²) >= 11 is 3.36. The lowest BCUT2D eigenvalue weighted by molar-refractivity contribution is -0.142. The third-order valence-corrected chi connectivity index (χ3v) is 6.75. The second kappa shape index (κ2) is 6.82. The Hall–Kier alpha value is -2.24. The third-order valence-electron chi connectivity index (χ3n) is 4.51. The van der Waals surface area contributed by atoms with Crippen molar-refractivity contribution in [1.82, 2.24) is 4.90 Å². The van der Waals surface area contributed by atoms with Gasteiger partial charge in [-0.1, -0.05) is 28.1 Å². The van der Waals surface area contributed by atoms with Gasteiger partial charge in [-0.2, -0.15) is 5.26 Å². The first-order valence-corrected chi connectivity index (χ1v) is 10.5. The summed E-state index contributed by atoms with van der Waals surface area (Å²) in [7, 11) is -3.28. The number of rotatable bonds is 2. The summed E-state index contributed by atoms with van der Waals surface area (Å²) in [5.74, 6) is -1.60. The van der Waals surface area contributed by atoms with Crippen LogP contribution in [-0.2, 0) is 19.4 Å². The number of benzene rings is 1. The van der Waals surface area contributed by atoms with Crippen LogP contribution in [0.3, 0.4) is 0 Å². The molecule has 0 N–H and O–H groups in total. The zero-order valence-corrected chi connectivity index (χ0v) is 16.3. The van der Waals surface area contributed by atoms with Crippen molar-refractivity contribution >= 4 is 43.7 Å². The molecule has 1 atom stereocenters. The summed E-state index contributed by atoms with van der Waals surface area (Å²) in [6.07, 6.45) is 1.81. The second-order valence-electron chi connectivity index (χ2n) is 6.26. The quantitative estimate of drug-likeness (QED) is 0.525. The van der Waals surface area contributed by atoms with Gasteiger partial charge in [0, 0.05) is 10.0 Å². The zero-order chi connectivity index (χ0) is 19.1. The van der Waals surface area contributed by atoms with Crippen LogP contribution < -0.4 is 0 Å². The Labute approximate surface area is 159 Å². The fraction of sp³-hybridized carbons (Fsp3) is 0.278. The highest BCUT2D eigenvalue weighted by Crippen LogP contribution is 2.31. The highest BCUT2D eigenvalue weighted by atomic mass is 79.9. The molecule has 2 aliphatic heterocycles. The standard InChI is InChI=1S/C18H15BrN2O4S/c1-11-15(8-12-3-2-4-13(19)7-12)17(22)21(18(23)16(11)9-20)14-5-6-26(24,25)10-14/h2-4,7-8,14H,5-6,10H2,1H3. The van der Waals surface area contributed by atoms with Gasteiger partial charge in [0.2, 0.25) is 0 Å². The molecule has 1 fully saturated rings. The van der Waals surface area contributed by atoms with E-state index in [-0.39, 0.29) is 29.1 Å². The zero-order valence-electron chi connectivity index (χ0n) is 13.9. The first-order valence-electron chi connectivity index (χ1n) is 7.90. The number of carbonyl (C=O) groups is 2. The summed E-state index contributed by atoms with van der Waals surface area (Å²) in [5, 5.41) is 9.39. The van der Waals surface area contributed by atoms with Crippen molar-refractivity contribution in [3.63, 3.8) is 0 Å². The Balaban J connectivity index is 2.10. The van der Waals surface area contributed by atoms with Crippen molar-refractivity contribution in [2.24, 2.45) is 0 Å². The Kier molecular flexibility index (Phi) is 4.86. The molecule has 26 heavy (non-hydrogen) atoms. The van der Waals surface area contributed by atoms with Crippen molar-refractivity contribution in [2.75, 3.05) is 11.5 Å². The number of nitriles is 1. The Bertz CT molecular complexity index is 1020. The van der Waals surface area contributed by atoms with Gasteiger partial charge in [0.25, 0.3) is 11.8 Å². The third kappa shape index (κ3) is 3.37. The summed E-state index contributed by atoms with van der Waals surface area (Å²) in [4.78, 5) is 26.5. The Morgan fingerprint density at radius 1 is 1.31 bits per heavy atom. The maximum Gasteiger partial charge on any atom is 0.271 e. The number of nitrogens with zero attached hydrogens (tertiary/aromatic N) is 2. The molecule has 134 valence electrons. The number of imide groups is 1. The Morgan fingerprint density at radius 3 is 2.62 bits per heavy atom. The molecule has 8 heteroatoms. The van der Waals surface area contributed by atoms with Crippen LogP contribution in [0.15, 0.2) is 45.5 Å². The number of sulfone groups is 1. The van der Waals surface area contributed by atoms with E-state index in [1.807, 2.05) is 12.1 Å². The lowest BCUT2D eigenvalue weighted by atomic mass is 9.92. The first kappa shape index (κ1) is 18.5. The van der Waals surface area contributed by atoms with Crippen molar-refractivity contribution in [2.45, 2.75) is 19.4 Å². The smallest absolute Gasteiger partial charge is 0.270 e. The van der Waals surface area contributed by atoms with Gasteiger partial charge in [-0.05, 0) is 42.7 Å². The van der Waals surface area contributed by atoms with Gasteiger partial charge in [0.15, 0.2) is 9.84 Å². The minimum absolute atomic E-state index is 0.0655. The molecular formula is C18H15BrN2O4S. The van der Waals surface area contributed by atoms with Crippen LogP contribution in [0.5, 0.6) is 0 Å². The average Bonchev–Trinajstić information content (AvgIpc) is 2.92. The van der Waals surface area contributed by atoms with E-state index in [1.165, 1.54) is 0 Å². The normalized spacial score (nSPS) is 24.3. The van der Waals surface area contributed by atoms with E-state index >= 15 is 0 Å². The number of hydrogen-bond acceptors (Lipinski definition) is 5. The van der Waals surface area contributed by atoms with Gasteiger partial charge < -0.3 is 0 Å². The largest absolute Gasteiger partial charge is 0.271 e. The van der Waals surface area contributed by atoms with E-state index in [1.54, 1.807) is 31.2 Å². The van der Waals surface area contributed by atoms with E-state index < -0.39 is 27.7 Å². The number of carbonyl (C=O) groups excluding carboxylic acids is 2. The summed E-state index contributed by atoms with van der Waals surface area (Å²) in [6.45, 7) is 1.56. The molecule has 0 aliphatic carbocycles. The topological polar surface area (TPSA) is 95.3 Å². The highest BCUT2D eigenvalue weighted by Gasteiger charge is 2.43. The van der Waals surface area contributed by atoms with Gasteiger partial charge in [0.05, 0.1) is 17.5 Å². The molecule has 2 heterocycles. The molecular weight excluding hydrogens is 420 g/mol. The molecule has 6 nitrogen and oxygen atoms in total. The molecule has 2 amide bonds. The molecule has 3 rings (SSSR count). The molecule has 2 aliphatic rings. The van der Waals surface area contributed by atoms with Crippen LogP contribution >= 0.6 is 15.9 Å². The summed E-state index contributed by atoms with van der Waals surface area (Å²) in [5.41, 5.74) is 1.13. The number of hydrogen-bond donors (Lipinski definition) is 0. The summed E-state index contributed by atoms with van der Waals surface area (Å²) < 4.78 is 24.4. The van der Waals surface area contributed by atoms with Crippen LogP contribution in [0.4, 0.5) is 0 Å². The maximum absolute atomic E-state index is 13.0. The van der Waals surface area contributed by atoms with Crippen molar-refractivity contribution in [3.05, 3.63) is 51.0 Å². The predicted octanol–water partition coefficient (Wildman–Crippen LogP) is 2.23. The molecule has 0 spiro atoms. The fourth-order valence-electron chi connectivity index (χ4n) is 3.17. The van der Waals surface area contributed by atoms with Crippen LogP contribution in [0, 0.1) is 11.3 Å². The molecule has 0 radical (unpaired) electrons. The van der Waals surface area contributed by atoms with Crippen molar-refractivity contribution in [3.8, 4) is 6.07 Å². The monoisotopic (exact) mass is 434 g/mol. The van der Waals surface area contributed by atoms with Gasteiger partial charge >= 0.3 is 0 Å². The van der Waals surface area contributed by atoms with Crippen LogP contribution in [0.25, 0.3) is 6.08 Å². The number of halogens is 1.